The lowest BCUT2D eigenvalue weighted by Crippen LogP contribution is -2.08. The molecule has 162 valence electrons. The van der Waals surface area contributed by atoms with E-state index < -0.39 is 24.2 Å². The third kappa shape index (κ3) is 5.39. The lowest BCUT2D eigenvalue weighted by molar-refractivity contribution is 0.104. The van der Waals surface area contributed by atoms with E-state index in [2.05, 4.69) is 5.10 Å². The summed E-state index contributed by atoms with van der Waals surface area (Å²) in [6, 6.07) is 12.8. The van der Waals surface area contributed by atoms with Gasteiger partial charge in [0.1, 0.15) is 17.1 Å². The molecular formula is C23H20F4N2O2. The fraction of sp³-hybridized carbons (Fsp3) is 0.217. The van der Waals surface area contributed by atoms with E-state index in [0.717, 1.165) is 10.2 Å². The molecule has 4 nitrogen and oxygen atoms in total. The predicted octanol–water partition coefficient (Wildman–Crippen LogP) is 6.02. The van der Waals surface area contributed by atoms with Gasteiger partial charge in [-0.3, -0.25) is 9.48 Å². The van der Waals surface area contributed by atoms with Crippen molar-refractivity contribution in [2.24, 2.45) is 0 Å². The highest BCUT2D eigenvalue weighted by Crippen LogP contribution is 2.28. The Hall–Kier alpha value is -3.42. The Bertz CT molecular complexity index is 1090. The smallest absolute Gasteiger partial charge is 0.282 e. The summed E-state index contributed by atoms with van der Waals surface area (Å²) in [7, 11) is 1.41. The fourth-order valence-corrected chi connectivity index (χ4v) is 3.03. The fourth-order valence-electron chi connectivity index (χ4n) is 3.03. The molecule has 0 N–H and O–H groups in total. The number of allylic oxidation sites excluding steroid dienone is 1. The van der Waals surface area contributed by atoms with E-state index in [1.807, 2.05) is 19.1 Å². The zero-order valence-corrected chi connectivity index (χ0v) is 16.9. The number of hydrogen-bond acceptors (Lipinski definition) is 3. The van der Waals surface area contributed by atoms with Crippen molar-refractivity contribution in [3.63, 3.8) is 0 Å². The minimum atomic E-state index is -2.96. The van der Waals surface area contributed by atoms with E-state index in [9.17, 15) is 22.4 Å². The summed E-state index contributed by atoms with van der Waals surface area (Å²) >= 11 is 0. The molecule has 2 aromatic carbocycles. The van der Waals surface area contributed by atoms with Crippen LogP contribution in [-0.4, -0.2) is 22.7 Å². The van der Waals surface area contributed by atoms with E-state index in [-0.39, 0.29) is 12.3 Å². The Morgan fingerprint density at radius 3 is 2.39 bits per heavy atom. The third-order valence-electron chi connectivity index (χ3n) is 4.66. The quantitative estimate of drug-likeness (QED) is 0.248. The molecule has 31 heavy (non-hydrogen) atoms. The highest BCUT2D eigenvalue weighted by atomic mass is 19.3. The largest absolute Gasteiger partial charge is 0.496 e. The van der Waals surface area contributed by atoms with Gasteiger partial charge < -0.3 is 4.74 Å². The monoisotopic (exact) mass is 432 g/mol. The van der Waals surface area contributed by atoms with Crippen LogP contribution in [0.5, 0.6) is 5.75 Å². The summed E-state index contributed by atoms with van der Waals surface area (Å²) in [5, 5.41) is 3.61. The molecule has 3 aromatic rings. The number of nitrogens with zero attached hydrogens (tertiary/aromatic N) is 2. The van der Waals surface area contributed by atoms with E-state index in [0.29, 0.717) is 28.5 Å². The van der Waals surface area contributed by atoms with Crippen LogP contribution < -0.4 is 4.74 Å². The number of aromatic nitrogens is 2. The number of hydrogen-bond donors (Lipinski definition) is 0. The van der Waals surface area contributed by atoms with E-state index >= 15 is 0 Å². The number of alkyl halides is 4. The van der Waals surface area contributed by atoms with Gasteiger partial charge in [-0.05, 0) is 36.8 Å². The van der Waals surface area contributed by atoms with Crippen molar-refractivity contribution < 1.29 is 27.1 Å². The second-order valence-electron chi connectivity index (χ2n) is 6.89. The average Bonchev–Trinajstić information content (AvgIpc) is 3.17. The minimum absolute atomic E-state index is 0.189. The number of methoxy groups -OCH3 is 1. The molecule has 0 unspecified atom stereocenters. The van der Waals surface area contributed by atoms with Crippen molar-refractivity contribution in [3.8, 4) is 5.75 Å². The van der Waals surface area contributed by atoms with Crippen LogP contribution in [0.2, 0.25) is 0 Å². The maximum atomic E-state index is 13.3. The second-order valence-corrected chi connectivity index (χ2v) is 6.89. The van der Waals surface area contributed by atoms with Crippen LogP contribution >= 0.6 is 0 Å². The molecule has 0 aliphatic heterocycles. The normalized spacial score (nSPS) is 11.6. The van der Waals surface area contributed by atoms with Gasteiger partial charge in [-0.25, -0.2) is 17.6 Å². The van der Waals surface area contributed by atoms with Crippen LogP contribution in [0.4, 0.5) is 17.6 Å². The first-order chi connectivity index (χ1) is 14.8. The Morgan fingerprint density at radius 2 is 1.77 bits per heavy atom. The van der Waals surface area contributed by atoms with Crippen molar-refractivity contribution in [1.29, 1.82) is 0 Å². The van der Waals surface area contributed by atoms with Crippen LogP contribution in [-0.2, 0) is 6.54 Å². The van der Waals surface area contributed by atoms with Gasteiger partial charge in [-0.15, -0.1) is 0 Å². The van der Waals surface area contributed by atoms with E-state index in [1.54, 1.807) is 36.4 Å². The molecule has 0 spiro atoms. The van der Waals surface area contributed by atoms with E-state index in [4.69, 9.17) is 4.74 Å². The van der Waals surface area contributed by atoms with Crippen LogP contribution in [0.1, 0.15) is 51.3 Å². The van der Waals surface area contributed by atoms with Gasteiger partial charge in [0.05, 0.1) is 13.7 Å². The number of ether oxygens (including phenoxy) is 1. The zero-order chi connectivity index (χ0) is 22.5. The molecule has 0 radical (unpaired) electrons. The van der Waals surface area contributed by atoms with Gasteiger partial charge in [-0.2, -0.15) is 5.10 Å². The highest BCUT2D eigenvalue weighted by molar-refractivity contribution is 6.06. The Morgan fingerprint density at radius 1 is 1.06 bits per heavy atom. The molecule has 0 saturated heterocycles. The molecule has 0 aliphatic rings. The van der Waals surface area contributed by atoms with Crippen molar-refractivity contribution in [2.75, 3.05) is 7.11 Å². The minimum Gasteiger partial charge on any atom is -0.496 e. The molecule has 0 amide bonds. The topological polar surface area (TPSA) is 44.1 Å². The maximum Gasteiger partial charge on any atom is 0.282 e. The number of rotatable bonds is 8. The highest BCUT2D eigenvalue weighted by Gasteiger charge is 2.22. The lowest BCUT2D eigenvalue weighted by Gasteiger charge is -2.12. The van der Waals surface area contributed by atoms with Crippen LogP contribution in [0.3, 0.4) is 0 Å². The summed E-state index contributed by atoms with van der Waals surface area (Å²) in [6.07, 6.45) is -2.92. The van der Waals surface area contributed by atoms with Crippen molar-refractivity contribution in [2.45, 2.75) is 26.3 Å². The Kier molecular flexibility index (Phi) is 6.89. The number of ketones is 1. The van der Waals surface area contributed by atoms with E-state index in [1.165, 1.54) is 13.2 Å². The SMILES string of the molecule is COc1ccc(/C=C/C(=O)c2ccc(C)cc2)cc1Cn1nc(C(F)F)cc1C(F)F. The summed E-state index contributed by atoms with van der Waals surface area (Å²) in [5.41, 5.74) is 1.33. The molecule has 1 aromatic heterocycles. The van der Waals surface area contributed by atoms with Gasteiger partial charge >= 0.3 is 0 Å². The summed E-state index contributed by atoms with van der Waals surface area (Å²) in [5.74, 6) is 0.197. The first-order valence-electron chi connectivity index (χ1n) is 9.38. The molecule has 1 heterocycles. The van der Waals surface area contributed by atoms with Crippen molar-refractivity contribution >= 4 is 11.9 Å². The van der Waals surface area contributed by atoms with Gasteiger partial charge in [0.2, 0.25) is 0 Å². The summed E-state index contributed by atoms with van der Waals surface area (Å²) in [4.78, 5) is 12.3. The second kappa shape index (κ2) is 9.59. The standard InChI is InChI=1S/C23H20F4N2O2/c1-14-3-7-16(8-4-14)20(30)9-5-15-6-10-21(31-2)17(11-15)13-29-19(23(26)27)12-18(28-29)22(24)25/h3-12,22-23H,13H2,1-2H3/b9-5+. The molecule has 3 rings (SSSR count). The lowest BCUT2D eigenvalue weighted by atomic mass is 10.1. The molecule has 0 fully saturated rings. The molecule has 0 atom stereocenters. The first kappa shape index (κ1) is 22.3. The summed E-state index contributed by atoms with van der Waals surface area (Å²) in [6.45, 7) is 1.73. The first-order valence-corrected chi connectivity index (χ1v) is 9.38. The molecule has 0 saturated carbocycles. The number of carbonyl (C=O) groups is 1. The van der Waals surface area contributed by atoms with Crippen LogP contribution in [0.25, 0.3) is 6.08 Å². The predicted molar refractivity (Wildman–Crippen MR) is 109 cm³/mol. The molecule has 8 heteroatoms. The van der Waals surface area contributed by atoms with Crippen LogP contribution in [0, 0.1) is 6.92 Å². The van der Waals surface area contributed by atoms with Gasteiger partial charge in [0.15, 0.2) is 5.78 Å². The number of carbonyl (C=O) groups excluding carboxylic acids is 1. The Balaban J connectivity index is 1.87. The summed E-state index contributed by atoms with van der Waals surface area (Å²) < 4.78 is 58.5. The Labute approximate surface area is 176 Å². The maximum absolute atomic E-state index is 13.3. The van der Waals surface area contributed by atoms with Crippen molar-refractivity contribution in [1.82, 2.24) is 9.78 Å². The zero-order valence-electron chi connectivity index (χ0n) is 16.9. The molecule has 0 aliphatic carbocycles. The average molecular weight is 432 g/mol. The van der Waals surface area contributed by atoms with Crippen molar-refractivity contribution in [3.05, 3.63) is 88.2 Å². The third-order valence-corrected chi connectivity index (χ3v) is 4.66. The number of halogens is 4. The van der Waals surface area contributed by atoms with Gasteiger partial charge in [0, 0.05) is 11.1 Å². The number of aryl methyl sites for hydroxylation is 1. The molecule has 0 bridgehead atoms. The van der Waals surface area contributed by atoms with Gasteiger partial charge in [0.25, 0.3) is 12.9 Å². The van der Waals surface area contributed by atoms with Gasteiger partial charge in [-0.1, -0.05) is 42.0 Å². The van der Waals surface area contributed by atoms with Crippen LogP contribution in [0.15, 0.2) is 54.6 Å². The number of benzene rings is 2. The molecular weight excluding hydrogens is 412 g/mol.